The standard InChI is InChI=1S/C7H14O2/c1-4-5-6-9-7(2,3)8/h4,8H,1,5-6H2,2-3H3. The fraction of sp³-hybridized carbons (Fsp3) is 0.714. The number of hydrogen-bond acceptors (Lipinski definition) is 2. The van der Waals surface area contributed by atoms with Gasteiger partial charge in [-0.05, 0) is 20.3 Å². The highest BCUT2D eigenvalue weighted by atomic mass is 16.6. The molecule has 0 aromatic heterocycles. The largest absolute Gasteiger partial charge is 0.366 e. The molecule has 0 aliphatic carbocycles. The highest BCUT2D eigenvalue weighted by molar-refractivity contribution is 4.65. The molecule has 1 N–H and O–H groups in total. The van der Waals surface area contributed by atoms with Crippen LogP contribution in [0, 0.1) is 0 Å². The van der Waals surface area contributed by atoms with Gasteiger partial charge in [0.05, 0.1) is 6.61 Å². The van der Waals surface area contributed by atoms with Gasteiger partial charge in [-0.2, -0.15) is 0 Å². The Morgan fingerprint density at radius 3 is 2.56 bits per heavy atom. The van der Waals surface area contributed by atoms with Crippen LogP contribution < -0.4 is 0 Å². The molecule has 0 radical (unpaired) electrons. The van der Waals surface area contributed by atoms with Gasteiger partial charge in [0, 0.05) is 0 Å². The van der Waals surface area contributed by atoms with Crippen LogP contribution in [0.3, 0.4) is 0 Å². The normalized spacial score (nSPS) is 11.4. The first-order chi connectivity index (χ1) is 4.06. The second-order valence-corrected chi connectivity index (χ2v) is 2.37. The van der Waals surface area contributed by atoms with Crippen molar-refractivity contribution in [1.29, 1.82) is 0 Å². The Labute approximate surface area is 56.1 Å². The molecule has 2 nitrogen and oxygen atoms in total. The van der Waals surface area contributed by atoms with Crippen LogP contribution in [0.2, 0.25) is 0 Å². The molecule has 0 fully saturated rings. The van der Waals surface area contributed by atoms with E-state index < -0.39 is 5.79 Å². The highest BCUT2D eigenvalue weighted by Crippen LogP contribution is 2.02. The minimum atomic E-state index is -0.997. The second-order valence-electron chi connectivity index (χ2n) is 2.37. The predicted octanol–water partition coefficient (Wildman–Crippen LogP) is 1.31. The van der Waals surface area contributed by atoms with Gasteiger partial charge in [0.15, 0.2) is 5.79 Å². The van der Waals surface area contributed by atoms with Crippen LogP contribution in [-0.4, -0.2) is 17.5 Å². The smallest absolute Gasteiger partial charge is 0.159 e. The van der Waals surface area contributed by atoms with Crippen LogP contribution in [0.25, 0.3) is 0 Å². The molecule has 0 heterocycles. The average Bonchev–Trinajstić information content (AvgIpc) is 1.63. The fourth-order valence-corrected chi connectivity index (χ4v) is 0.392. The van der Waals surface area contributed by atoms with Crippen molar-refractivity contribution < 1.29 is 9.84 Å². The summed E-state index contributed by atoms with van der Waals surface area (Å²) in [5.41, 5.74) is 0. The molecule has 2 heteroatoms. The van der Waals surface area contributed by atoms with E-state index in [2.05, 4.69) is 6.58 Å². The summed E-state index contributed by atoms with van der Waals surface area (Å²) in [5.74, 6) is -0.997. The molecule has 0 aromatic carbocycles. The van der Waals surface area contributed by atoms with Gasteiger partial charge in [0.1, 0.15) is 0 Å². The summed E-state index contributed by atoms with van der Waals surface area (Å²) < 4.78 is 4.95. The van der Waals surface area contributed by atoms with Gasteiger partial charge in [-0.15, -0.1) is 6.58 Å². The van der Waals surface area contributed by atoms with E-state index in [9.17, 15) is 0 Å². The van der Waals surface area contributed by atoms with Gasteiger partial charge in [-0.1, -0.05) is 6.08 Å². The number of rotatable bonds is 4. The number of ether oxygens (including phenoxy) is 1. The minimum absolute atomic E-state index is 0.535. The third-order valence-corrected chi connectivity index (χ3v) is 0.777. The van der Waals surface area contributed by atoms with Crippen LogP contribution in [0.5, 0.6) is 0 Å². The molecule has 0 aliphatic rings. The summed E-state index contributed by atoms with van der Waals surface area (Å²) in [6.45, 7) is 7.27. The summed E-state index contributed by atoms with van der Waals surface area (Å²) in [4.78, 5) is 0. The van der Waals surface area contributed by atoms with E-state index in [4.69, 9.17) is 9.84 Å². The molecule has 54 valence electrons. The molecule has 0 saturated heterocycles. The summed E-state index contributed by atoms with van der Waals surface area (Å²) >= 11 is 0. The fourth-order valence-electron chi connectivity index (χ4n) is 0.392. The number of hydrogen-bond donors (Lipinski definition) is 1. The summed E-state index contributed by atoms with van der Waals surface area (Å²) in [5, 5.41) is 8.99. The zero-order valence-electron chi connectivity index (χ0n) is 6.05. The quantitative estimate of drug-likeness (QED) is 0.353. The van der Waals surface area contributed by atoms with E-state index in [0.717, 1.165) is 6.42 Å². The lowest BCUT2D eigenvalue weighted by atomic mass is 10.4. The summed E-state index contributed by atoms with van der Waals surface area (Å²) in [6.07, 6.45) is 2.54. The van der Waals surface area contributed by atoms with Crippen LogP contribution in [-0.2, 0) is 4.74 Å². The summed E-state index contributed by atoms with van der Waals surface area (Å²) in [7, 11) is 0. The minimum Gasteiger partial charge on any atom is -0.366 e. The molecule has 0 saturated carbocycles. The maximum atomic E-state index is 8.99. The molecule has 9 heavy (non-hydrogen) atoms. The van der Waals surface area contributed by atoms with Crippen LogP contribution in [0.4, 0.5) is 0 Å². The van der Waals surface area contributed by atoms with Crippen molar-refractivity contribution in [3.05, 3.63) is 12.7 Å². The first kappa shape index (κ1) is 8.66. The maximum Gasteiger partial charge on any atom is 0.159 e. The van der Waals surface area contributed by atoms with Crippen molar-refractivity contribution >= 4 is 0 Å². The predicted molar refractivity (Wildman–Crippen MR) is 37.1 cm³/mol. The Morgan fingerprint density at radius 2 is 2.22 bits per heavy atom. The van der Waals surface area contributed by atoms with Gasteiger partial charge >= 0.3 is 0 Å². The Bertz CT molecular complexity index is 81.4. The first-order valence-electron chi connectivity index (χ1n) is 3.03. The molecule has 0 rings (SSSR count). The van der Waals surface area contributed by atoms with E-state index >= 15 is 0 Å². The molecular formula is C7H14O2. The van der Waals surface area contributed by atoms with Crippen molar-refractivity contribution in [2.45, 2.75) is 26.1 Å². The Balaban J connectivity index is 3.17. The zero-order chi connectivity index (χ0) is 7.33. The van der Waals surface area contributed by atoms with Gasteiger partial charge in [-0.25, -0.2) is 0 Å². The molecule has 0 aromatic rings. The molecule has 0 atom stereocenters. The molecule has 0 spiro atoms. The lowest BCUT2D eigenvalue weighted by Gasteiger charge is -2.16. The third kappa shape index (κ3) is 7.66. The lowest BCUT2D eigenvalue weighted by molar-refractivity contribution is -0.174. The maximum absolute atomic E-state index is 8.99. The average molecular weight is 130 g/mol. The first-order valence-corrected chi connectivity index (χ1v) is 3.03. The Hall–Kier alpha value is -0.340. The van der Waals surface area contributed by atoms with E-state index in [1.165, 1.54) is 0 Å². The number of aliphatic hydroxyl groups is 1. The van der Waals surface area contributed by atoms with Crippen LogP contribution in [0.1, 0.15) is 20.3 Å². The molecule has 0 aliphatic heterocycles. The van der Waals surface area contributed by atoms with E-state index in [1.54, 1.807) is 19.9 Å². The van der Waals surface area contributed by atoms with Crippen LogP contribution in [0.15, 0.2) is 12.7 Å². The van der Waals surface area contributed by atoms with Crippen molar-refractivity contribution in [2.24, 2.45) is 0 Å². The third-order valence-electron chi connectivity index (χ3n) is 0.777. The SMILES string of the molecule is C=CCCOC(C)(C)O. The van der Waals surface area contributed by atoms with Gasteiger partial charge < -0.3 is 9.84 Å². The Morgan fingerprint density at radius 1 is 1.67 bits per heavy atom. The molecule has 0 unspecified atom stereocenters. The molecular weight excluding hydrogens is 116 g/mol. The highest BCUT2D eigenvalue weighted by Gasteiger charge is 2.10. The van der Waals surface area contributed by atoms with Gasteiger partial charge in [0.25, 0.3) is 0 Å². The Kier molecular flexibility index (Phi) is 3.50. The molecule has 0 amide bonds. The van der Waals surface area contributed by atoms with Crippen LogP contribution >= 0.6 is 0 Å². The van der Waals surface area contributed by atoms with Crippen molar-refractivity contribution in [3.8, 4) is 0 Å². The van der Waals surface area contributed by atoms with Crippen molar-refractivity contribution in [1.82, 2.24) is 0 Å². The summed E-state index contributed by atoms with van der Waals surface area (Å²) in [6, 6.07) is 0. The monoisotopic (exact) mass is 130 g/mol. The van der Waals surface area contributed by atoms with E-state index in [0.29, 0.717) is 6.61 Å². The van der Waals surface area contributed by atoms with Gasteiger partial charge in [-0.3, -0.25) is 0 Å². The topological polar surface area (TPSA) is 29.5 Å². The van der Waals surface area contributed by atoms with E-state index in [-0.39, 0.29) is 0 Å². The van der Waals surface area contributed by atoms with E-state index in [1.807, 2.05) is 0 Å². The second kappa shape index (κ2) is 3.64. The van der Waals surface area contributed by atoms with Gasteiger partial charge in [0.2, 0.25) is 0 Å². The lowest BCUT2D eigenvalue weighted by Crippen LogP contribution is -2.23. The zero-order valence-corrected chi connectivity index (χ0v) is 6.05. The molecule has 0 bridgehead atoms. The van der Waals surface area contributed by atoms with Crippen molar-refractivity contribution in [3.63, 3.8) is 0 Å². The van der Waals surface area contributed by atoms with Crippen molar-refractivity contribution in [2.75, 3.05) is 6.61 Å².